The summed E-state index contributed by atoms with van der Waals surface area (Å²) in [7, 11) is 2.47. The van der Waals surface area contributed by atoms with E-state index in [1.807, 2.05) is 12.1 Å². The monoisotopic (exact) mass is 399 g/mol. The van der Waals surface area contributed by atoms with Crippen molar-refractivity contribution >= 4 is 23.5 Å². The predicted octanol–water partition coefficient (Wildman–Crippen LogP) is 3.57. The molecule has 0 fully saturated rings. The molecule has 7 nitrogen and oxygen atoms in total. The third-order valence-corrected chi connectivity index (χ3v) is 4.21. The maximum absolute atomic E-state index is 12.3. The number of anilines is 1. The normalized spacial score (nSPS) is 10.8. The van der Waals surface area contributed by atoms with Crippen molar-refractivity contribution in [2.24, 2.45) is 0 Å². The van der Waals surface area contributed by atoms with E-state index in [0.29, 0.717) is 5.75 Å². The molecule has 0 atom stereocenters. The molecule has 0 aliphatic rings. The summed E-state index contributed by atoms with van der Waals surface area (Å²) in [6.45, 7) is 6.06. The summed E-state index contributed by atoms with van der Waals surface area (Å²) >= 11 is 0. The molecule has 0 unspecified atom stereocenters. The SMILES string of the molecule is COC(=O)c1ccc(C(=O)OC)c(NC(=O)COc2ccc(C(C)(C)C)cc2)c1. The zero-order chi connectivity index (χ0) is 21.6. The number of ether oxygens (including phenoxy) is 3. The molecule has 0 heterocycles. The van der Waals surface area contributed by atoms with Gasteiger partial charge in [0.25, 0.3) is 5.91 Å². The Morgan fingerprint density at radius 1 is 0.897 bits per heavy atom. The maximum atomic E-state index is 12.3. The predicted molar refractivity (Wildman–Crippen MR) is 108 cm³/mol. The van der Waals surface area contributed by atoms with Crippen molar-refractivity contribution in [2.75, 3.05) is 26.1 Å². The number of carbonyl (C=O) groups excluding carboxylic acids is 3. The number of amides is 1. The van der Waals surface area contributed by atoms with E-state index < -0.39 is 17.8 Å². The topological polar surface area (TPSA) is 90.9 Å². The fourth-order valence-corrected chi connectivity index (χ4v) is 2.57. The lowest BCUT2D eigenvalue weighted by atomic mass is 9.87. The van der Waals surface area contributed by atoms with Crippen LogP contribution >= 0.6 is 0 Å². The van der Waals surface area contributed by atoms with Crippen molar-refractivity contribution in [2.45, 2.75) is 26.2 Å². The van der Waals surface area contributed by atoms with Crippen molar-refractivity contribution in [3.05, 3.63) is 59.2 Å². The van der Waals surface area contributed by atoms with Crippen LogP contribution in [0.1, 0.15) is 47.1 Å². The lowest BCUT2D eigenvalue weighted by molar-refractivity contribution is -0.118. The van der Waals surface area contributed by atoms with Gasteiger partial charge in [0.1, 0.15) is 5.75 Å². The molecule has 7 heteroatoms. The second-order valence-corrected chi connectivity index (χ2v) is 7.35. The van der Waals surface area contributed by atoms with Crippen LogP contribution in [0.25, 0.3) is 0 Å². The third-order valence-electron chi connectivity index (χ3n) is 4.21. The number of methoxy groups -OCH3 is 2. The molecule has 0 bridgehead atoms. The van der Waals surface area contributed by atoms with E-state index in [1.165, 1.54) is 32.4 Å². The van der Waals surface area contributed by atoms with E-state index in [2.05, 4.69) is 30.8 Å². The summed E-state index contributed by atoms with van der Waals surface area (Å²) < 4.78 is 14.9. The Morgan fingerprint density at radius 3 is 2.07 bits per heavy atom. The summed E-state index contributed by atoms with van der Waals surface area (Å²) in [6, 6.07) is 11.6. The van der Waals surface area contributed by atoms with Gasteiger partial charge in [0.05, 0.1) is 31.0 Å². The minimum Gasteiger partial charge on any atom is -0.484 e. The van der Waals surface area contributed by atoms with Crippen molar-refractivity contribution in [3.8, 4) is 5.75 Å². The van der Waals surface area contributed by atoms with Crippen LogP contribution in [-0.4, -0.2) is 38.7 Å². The Kier molecular flexibility index (Phi) is 6.98. The number of hydrogen-bond acceptors (Lipinski definition) is 6. The molecular formula is C22H25NO6. The first-order chi connectivity index (χ1) is 13.7. The first kappa shape index (κ1) is 21.9. The minimum absolute atomic E-state index is 0.0187. The second kappa shape index (κ2) is 9.23. The highest BCUT2D eigenvalue weighted by Crippen LogP contribution is 2.24. The fraction of sp³-hybridized carbons (Fsp3) is 0.318. The Hall–Kier alpha value is -3.35. The summed E-state index contributed by atoms with van der Waals surface area (Å²) in [6.07, 6.45) is 0. The van der Waals surface area contributed by atoms with Crippen molar-refractivity contribution in [1.29, 1.82) is 0 Å². The molecular weight excluding hydrogens is 374 g/mol. The number of carbonyl (C=O) groups is 3. The number of hydrogen-bond donors (Lipinski definition) is 1. The number of benzene rings is 2. The minimum atomic E-state index is -0.643. The van der Waals surface area contributed by atoms with Crippen LogP contribution < -0.4 is 10.1 Å². The van der Waals surface area contributed by atoms with Gasteiger partial charge in [-0.3, -0.25) is 4.79 Å². The average molecular weight is 399 g/mol. The second-order valence-electron chi connectivity index (χ2n) is 7.35. The van der Waals surface area contributed by atoms with E-state index in [9.17, 15) is 14.4 Å². The van der Waals surface area contributed by atoms with Crippen LogP contribution in [0.15, 0.2) is 42.5 Å². The zero-order valence-electron chi connectivity index (χ0n) is 17.2. The van der Waals surface area contributed by atoms with E-state index in [-0.39, 0.29) is 28.8 Å². The molecule has 0 saturated heterocycles. The van der Waals surface area contributed by atoms with Crippen molar-refractivity contribution in [3.63, 3.8) is 0 Å². The molecule has 2 rings (SSSR count). The van der Waals surface area contributed by atoms with E-state index in [0.717, 1.165) is 5.56 Å². The number of nitrogens with one attached hydrogen (secondary N) is 1. The molecule has 0 aliphatic heterocycles. The summed E-state index contributed by atoms with van der Waals surface area (Å²) in [5, 5.41) is 2.58. The van der Waals surface area contributed by atoms with Crippen LogP contribution in [0.2, 0.25) is 0 Å². The quantitative estimate of drug-likeness (QED) is 0.747. The van der Waals surface area contributed by atoms with Crippen LogP contribution in [0.3, 0.4) is 0 Å². The lowest BCUT2D eigenvalue weighted by Crippen LogP contribution is -2.22. The smallest absolute Gasteiger partial charge is 0.339 e. The number of esters is 2. The molecule has 0 aliphatic carbocycles. The molecule has 0 spiro atoms. The van der Waals surface area contributed by atoms with Gasteiger partial charge in [0.2, 0.25) is 0 Å². The van der Waals surface area contributed by atoms with Gasteiger partial charge in [0.15, 0.2) is 6.61 Å². The molecule has 2 aromatic carbocycles. The molecule has 0 aromatic heterocycles. The van der Waals surface area contributed by atoms with Gasteiger partial charge in [-0.05, 0) is 41.3 Å². The Labute approximate surface area is 170 Å². The van der Waals surface area contributed by atoms with Crippen LogP contribution in [-0.2, 0) is 19.7 Å². The van der Waals surface area contributed by atoms with Crippen LogP contribution in [0, 0.1) is 0 Å². The van der Waals surface area contributed by atoms with E-state index >= 15 is 0 Å². The van der Waals surface area contributed by atoms with Crippen molar-refractivity contribution in [1.82, 2.24) is 0 Å². The third kappa shape index (κ3) is 5.81. The highest BCUT2D eigenvalue weighted by molar-refractivity contribution is 6.03. The molecule has 154 valence electrons. The zero-order valence-corrected chi connectivity index (χ0v) is 17.2. The van der Waals surface area contributed by atoms with Gasteiger partial charge in [-0.15, -0.1) is 0 Å². The highest BCUT2D eigenvalue weighted by Gasteiger charge is 2.18. The van der Waals surface area contributed by atoms with Crippen LogP contribution in [0.4, 0.5) is 5.69 Å². The molecule has 1 N–H and O–H groups in total. The fourth-order valence-electron chi connectivity index (χ4n) is 2.57. The van der Waals surface area contributed by atoms with Gasteiger partial charge in [-0.1, -0.05) is 32.9 Å². The van der Waals surface area contributed by atoms with E-state index in [1.54, 1.807) is 12.1 Å². The Morgan fingerprint density at radius 2 is 1.52 bits per heavy atom. The molecule has 1 amide bonds. The maximum Gasteiger partial charge on any atom is 0.339 e. The largest absolute Gasteiger partial charge is 0.484 e. The summed E-state index contributed by atoms with van der Waals surface area (Å²) in [5.41, 5.74) is 1.61. The Bertz CT molecular complexity index is 897. The summed E-state index contributed by atoms with van der Waals surface area (Å²) in [4.78, 5) is 36.0. The lowest BCUT2D eigenvalue weighted by Gasteiger charge is -2.19. The molecule has 2 aromatic rings. The van der Waals surface area contributed by atoms with Gasteiger partial charge >= 0.3 is 11.9 Å². The summed E-state index contributed by atoms with van der Waals surface area (Å²) in [5.74, 6) is -1.18. The van der Waals surface area contributed by atoms with E-state index in [4.69, 9.17) is 9.47 Å². The highest BCUT2D eigenvalue weighted by atomic mass is 16.5. The average Bonchev–Trinajstić information content (AvgIpc) is 2.70. The van der Waals surface area contributed by atoms with Gasteiger partial charge in [-0.2, -0.15) is 0 Å². The standard InChI is InChI=1S/C22H25NO6/c1-22(2,3)15-7-9-16(10-8-15)29-13-19(24)23-18-12-14(20(25)27-4)6-11-17(18)21(26)28-5/h6-12H,13H2,1-5H3,(H,23,24). The van der Waals surface area contributed by atoms with Gasteiger partial charge in [0, 0.05) is 0 Å². The van der Waals surface area contributed by atoms with Gasteiger partial charge < -0.3 is 19.5 Å². The van der Waals surface area contributed by atoms with Crippen LogP contribution in [0.5, 0.6) is 5.75 Å². The first-order valence-electron chi connectivity index (χ1n) is 8.99. The molecule has 29 heavy (non-hydrogen) atoms. The number of rotatable bonds is 6. The Balaban J connectivity index is 2.10. The van der Waals surface area contributed by atoms with Gasteiger partial charge in [-0.25, -0.2) is 9.59 Å². The molecule has 0 radical (unpaired) electrons. The molecule has 0 saturated carbocycles. The van der Waals surface area contributed by atoms with Crippen molar-refractivity contribution < 1.29 is 28.6 Å². The first-order valence-corrected chi connectivity index (χ1v) is 8.99.